The van der Waals surface area contributed by atoms with E-state index in [9.17, 15) is 9.59 Å². The highest BCUT2D eigenvalue weighted by molar-refractivity contribution is 5.77. The van der Waals surface area contributed by atoms with E-state index in [1.807, 2.05) is 38.1 Å². The van der Waals surface area contributed by atoms with Gasteiger partial charge in [0.25, 0.3) is 0 Å². The van der Waals surface area contributed by atoms with Crippen molar-refractivity contribution in [1.29, 1.82) is 0 Å². The van der Waals surface area contributed by atoms with E-state index < -0.39 is 12.0 Å². The van der Waals surface area contributed by atoms with E-state index in [1.165, 1.54) is 0 Å². The summed E-state index contributed by atoms with van der Waals surface area (Å²) in [5.41, 5.74) is 1.83. The predicted molar refractivity (Wildman–Crippen MR) is 87.1 cm³/mol. The largest absolute Gasteiger partial charge is 0.481 e. The van der Waals surface area contributed by atoms with Gasteiger partial charge in [0.1, 0.15) is 0 Å². The Morgan fingerprint density at radius 2 is 2.09 bits per heavy atom. The molecule has 2 N–H and O–H groups in total. The molecule has 5 heteroatoms. The van der Waals surface area contributed by atoms with Gasteiger partial charge in [0, 0.05) is 6.42 Å². The number of amides is 1. The van der Waals surface area contributed by atoms with E-state index in [1.54, 1.807) is 0 Å². The van der Waals surface area contributed by atoms with Crippen LogP contribution in [0.1, 0.15) is 56.2 Å². The van der Waals surface area contributed by atoms with E-state index in [-0.39, 0.29) is 24.5 Å². The molecular formula is C18H25NO4. The van der Waals surface area contributed by atoms with E-state index in [0.717, 1.165) is 24.0 Å². The van der Waals surface area contributed by atoms with Crippen LogP contribution < -0.4 is 5.32 Å². The molecule has 1 aromatic carbocycles. The van der Waals surface area contributed by atoms with Crippen LogP contribution in [0, 0.1) is 6.92 Å². The Morgan fingerprint density at radius 1 is 1.35 bits per heavy atom. The average Bonchev–Trinajstić information content (AvgIpc) is 2.90. The lowest BCUT2D eigenvalue weighted by Gasteiger charge is -2.20. The maximum atomic E-state index is 12.2. The average molecular weight is 319 g/mol. The fourth-order valence-electron chi connectivity index (χ4n) is 3.05. The van der Waals surface area contributed by atoms with Crippen molar-refractivity contribution in [2.45, 2.75) is 64.2 Å². The molecule has 0 saturated carbocycles. The summed E-state index contributed by atoms with van der Waals surface area (Å²) >= 11 is 0. The van der Waals surface area contributed by atoms with Crippen LogP contribution >= 0.6 is 0 Å². The van der Waals surface area contributed by atoms with Gasteiger partial charge in [-0.15, -0.1) is 0 Å². The summed E-state index contributed by atoms with van der Waals surface area (Å²) in [5.74, 6) is -1.05. The van der Waals surface area contributed by atoms with E-state index >= 15 is 0 Å². The predicted octanol–water partition coefficient (Wildman–Crippen LogP) is 2.97. The zero-order valence-corrected chi connectivity index (χ0v) is 13.7. The molecule has 0 aliphatic carbocycles. The van der Waals surface area contributed by atoms with Gasteiger partial charge in [-0.05, 0) is 44.2 Å². The molecule has 1 aliphatic heterocycles. The number of carboxylic acid groups (broad SMARTS) is 1. The first kappa shape index (κ1) is 17.5. The molecule has 23 heavy (non-hydrogen) atoms. The first-order chi connectivity index (χ1) is 11.0. The number of hydrogen-bond acceptors (Lipinski definition) is 3. The molecule has 1 amide bonds. The van der Waals surface area contributed by atoms with Gasteiger partial charge in [0.15, 0.2) is 0 Å². The van der Waals surface area contributed by atoms with Crippen molar-refractivity contribution in [3.63, 3.8) is 0 Å². The smallest absolute Gasteiger partial charge is 0.305 e. The zero-order valence-electron chi connectivity index (χ0n) is 13.7. The molecule has 3 atom stereocenters. The highest BCUT2D eigenvalue weighted by Gasteiger charge is 2.24. The maximum Gasteiger partial charge on any atom is 0.305 e. The Hall–Kier alpha value is -1.88. The molecule has 0 bridgehead atoms. The second-order valence-corrected chi connectivity index (χ2v) is 6.26. The van der Waals surface area contributed by atoms with Crippen molar-refractivity contribution in [1.82, 2.24) is 5.32 Å². The van der Waals surface area contributed by atoms with Crippen LogP contribution in [-0.2, 0) is 14.3 Å². The summed E-state index contributed by atoms with van der Waals surface area (Å²) in [5, 5.41) is 12.0. The number of hydrogen-bond donors (Lipinski definition) is 2. The zero-order chi connectivity index (χ0) is 16.8. The van der Waals surface area contributed by atoms with Crippen LogP contribution in [0.2, 0.25) is 0 Å². The van der Waals surface area contributed by atoms with Crippen molar-refractivity contribution in [3.05, 3.63) is 35.4 Å². The molecule has 0 aromatic heterocycles. The number of carbonyl (C=O) groups excluding carboxylic acids is 1. The molecule has 1 fully saturated rings. The number of benzene rings is 1. The molecule has 1 heterocycles. The summed E-state index contributed by atoms with van der Waals surface area (Å²) < 4.78 is 5.71. The van der Waals surface area contributed by atoms with Gasteiger partial charge in [0.2, 0.25) is 5.91 Å². The minimum atomic E-state index is -0.925. The number of rotatable bonds is 7. The molecular weight excluding hydrogens is 294 g/mol. The minimum absolute atomic E-state index is 0.118. The standard InChI is InChI=1S/C18H25NO4/c1-12-5-3-4-6-15(12)16(11-18(21)22)19-17(20)10-9-14-8-7-13(2)23-14/h3-6,13-14,16H,7-11H2,1-2H3,(H,19,20)(H,21,22)/t13-,14-,16-/m0/s1. The van der Waals surface area contributed by atoms with Crippen LogP contribution in [-0.4, -0.2) is 29.2 Å². The van der Waals surface area contributed by atoms with Crippen molar-refractivity contribution in [2.75, 3.05) is 0 Å². The number of ether oxygens (including phenoxy) is 1. The summed E-state index contributed by atoms with van der Waals surface area (Å²) in [7, 11) is 0. The Morgan fingerprint density at radius 3 is 2.70 bits per heavy atom. The molecule has 126 valence electrons. The van der Waals surface area contributed by atoms with Gasteiger partial charge < -0.3 is 15.2 Å². The normalized spacial score (nSPS) is 21.8. The van der Waals surface area contributed by atoms with Crippen molar-refractivity contribution < 1.29 is 19.4 Å². The minimum Gasteiger partial charge on any atom is -0.481 e. The lowest BCUT2D eigenvalue weighted by atomic mass is 9.98. The molecule has 2 rings (SSSR count). The van der Waals surface area contributed by atoms with Gasteiger partial charge in [-0.2, -0.15) is 0 Å². The molecule has 1 saturated heterocycles. The SMILES string of the molecule is Cc1ccccc1[C@H](CC(=O)O)NC(=O)CC[C@@H]1CC[C@H](C)O1. The topological polar surface area (TPSA) is 75.6 Å². The molecule has 5 nitrogen and oxygen atoms in total. The third-order valence-corrected chi connectivity index (χ3v) is 4.29. The fraction of sp³-hybridized carbons (Fsp3) is 0.556. The molecule has 1 aliphatic rings. The quantitative estimate of drug-likeness (QED) is 0.810. The highest BCUT2D eigenvalue weighted by Crippen LogP contribution is 2.24. The van der Waals surface area contributed by atoms with E-state index in [2.05, 4.69) is 5.32 Å². The summed E-state index contributed by atoms with van der Waals surface area (Å²) in [6, 6.07) is 7.05. The summed E-state index contributed by atoms with van der Waals surface area (Å²) in [6.07, 6.45) is 3.38. The Balaban J connectivity index is 1.93. The second-order valence-electron chi connectivity index (χ2n) is 6.26. The molecule has 0 unspecified atom stereocenters. The van der Waals surface area contributed by atoms with Gasteiger partial charge in [-0.25, -0.2) is 0 Å². The number of carboxylic acids is 1. The van der Waals surface area contributed by atoms with Crippen molar-refractivity contribution >= 4 is 11.9 Å². The fourth-order valence-corrected chi connectivity index (χ4v) is 3.05. The molecule has 0 spiro atoms. The van der Waals surface area contributed by atoms with Crippen LogP contribution in [0.4, 0.5) is 0 Å². The van der Waals surface area contributed by atoms with Crippen molar-refractivity contribution in [3.8, 4) is 0 Å². The Kier molecular flexibility index (Phi) is 6.16. The summed E-state index contributed by atoms with van der Waals surface area (Å²) in [6.45, 7) is 3.96. The summed E-state index contributed by atoms with van der Waals surface area (Å²) in [4.78, 5) is 23.3. The van der Waals surface area contributed by atoms with Gasteiger partial charge >= 0.3 is 5.97 Å². The van der Waals surface area contributed by atoms with Gasteiger partial charge in [0.05, 0.1) is 24.7 Å². The first-order valence-electron chi connectivity index (χ1n) is 8.18. The number of aliphatic carboxylic acids is 1. The number of nitrogens with one attached hydrogen (secondary N) is 1. The maximum absolute atomic E-state index is 12.2. The Bertz CT molecular complexity index is 558. The third kappa shape index (κ3) is 5.36. The third-order valence-electron chi connectivity index (χ3n) is 4.29. The van der Waals surface area contributed by atoms with Gasteiger partial charge in [-0.1, -0.05) is 24.3 Å². The van der Waals surface area contributed by atoms with E-state index in [0.29, 0.717) is 12.8 Å². The van der Waals surface area contributed by atoms with Crippen molar-refractivity contribution in [2.24, 2.45) is 0 Å². The lowest BCUT2D eigenvalue weighted by Crippen LogP contribution is -2.31. The first-order valence-corrected chi connectivity index (χ1v) is 8.18. The monoisotopic (exact) mass is 319 g/mol. The van der Waals surface area contributed by atoms with Crippen LogP contribution in [0.5, 0.6) is 0 Å². The van der Waals surface area contributed by atoms with Crippen LogP contribution in [0.25, 0.3) is 0 Å². The lowest BCUT2D eigenvalue weighted by molar-refractivity contribution is -0.137. The number of carbonyl (C=O) groups is 2. The van der Waals surface area contributed by atoms with Gasteiger partial charge in [-0.3, -0.25) is 9.59 Å². The molecule has 0 radical (unpaired) electrons. The number of aryl methyl sites for hydroxylation is 1. The van der Waals surface area contributed by atoms with Crippen LogP contribution in [0.15, 0.2) is 24.3 Å². The van der Waals surface area contributed by atoms with Crippen LogP contribution in [0.3, 0.4) is 0 Å². The Labute approximate surface area is 137 Å². The second kappa shape index (κ2) is 8.11. The highest BCUT2D eigenvalue weighted by atomic mass is 16.5. The molecule has 1 aromatic rings. The van der Waals surface area contributed by atoms with E-state index in [4.69, 9.17) is 9.84 Å².